The number of phenolic OH excluding ortho intramolecular Hbond substituents is 1. The standard InChI is InChI=1S/C32H37N3O/c1-2-23-12-14-29-25(9-5-10-26(29)20-23)8-3-6-24-7-4-11-32(33-18-16-24)34-19-17-27-22-35-31-15-13-28(36)21-30(27)31/h5-6,9-10,12-16,18,21-23,35-36H,2-4,7-8,11,17,19-20H2,1H3,(H,33,34)/b18-16?,24-6+. The molecule has 1 aliphatic carbocycles. The number of aryl methyl sites for hydroxylation is 1. The largest absolute Gasteiger partial charge is 0.508 e. The minimum atomic E-state index is 0.301. The zero-order valence-corrected chi connectivity index (χ0v) is 21.3. The Morgan fingerprint density at radius 2 is 2.03 bits per heavy atom. The molecule has 0 spiro atoms. The minimum Gasteiger partial charge on any atom is -0.508 e. The fourth-order valence-corrected chi connectivity index (χ4v) is 5.39. The van der Waals surface area contributed by atoms with Gasteiger partial charge in [0.25, 0.3) is 0 Å². The Morgan fingerprint density at radius 3 is 2.94 bits per heavy atom. The van der Waals surface area contributed by atoms with Crippen molar-refractivity contribution in [3.63, 3.8) is 0 Å². The molecule has 1 atom stereocenters. The monoisotopic (exact) mass is 479 g/mol. The van der Waals surface area contributed by atoms with Crippen molar-refractivity contribution < 1.29 is 5.11 Å². The summed E-state index contributed by atoms with van der Waals surface area (Å²) in [6, 6.07) is 12.3. The maximum absolute atomic E-state index is 9.79. The topological polar surface area (TPSA) is 60.4 Å². The average molecular weight is 480 g/mol. The number of nitrogens with zero attached hydrogens (tertiary/aromatic N) is 1. The van der Waals surface area contributed by atoms with Gasteiger partial charge in [-0.15, -0.1) is 0 Å². The van der Waals surface area contributed by atoms with Gasteiger partial charge in [0.1, 0.15) is 11.6 Å². The van der Waals surface area contributed by atoms with Crippen molar-refractivity contribution >= 4 is 22.8 Å². The summed E-state index contributed by atoms with van der Waals surface area (Å²) >= 11 is 0. The summed E-state index contributed by atoms with van der Waals surface area (Å²) in [5, 5.41) is 14.3. The predicted octanol–water partition coefficient (Wildman–Crippen LogP) is 7.26. The highest BCUT2D eigenvalue weighted by Gasteiger charge is 2.14. The van der Waals surface area contributed by atoms with Crippen molar-refractivity contribution in [1.82, 2.24) is 10.3 Å². The lowest BCUT2D eigenvalue weighted by atomic mass is 9.85. The summed E-state index contributed by atoms with van der Waals surface area (Å²) in [6.07, 6.45) is 22.0. The van der Waals surface area contributed by atoms with Crippen LogP contribution in [0.2, 0.25) is 0 Å². The van der Waals surface area contributed by atoms with E-state index in [2.05, 4.69) is 59.7 Å². The number of benzene rings is 2. The molecule has 4 nitrogen and oxygen atoms in total. The zero-order valence-electron chi connectivity index (χ0n) is 21.3. The van der Waals surface area contributed by atoms with E-state index in [9.17, 15) is 5.11 Å². The van der Waals surface area contributed by atoms with Gasteiger partial charge in [-0.3, -0.25) is 4.99 Å². The predicted molar refractivity (Wildman–Crippen MR) is 151 cm³/mol. The molecule has 0 fully saturated rings. The number of aromatic hydroxyl groups is 1. The highest BCUT2D eigenvalue weighted by atomic mass is 16.3. The minimum absolute atomic E-state index is 0.301. The van der Waals surface area contributed by atoms with E-state index in [1.807, 2.05) is 24.5 Å². The number of phenols is 1. The van der Waals surface area contributed by atoms with Gasteiger partial charge < -0.3 is 15.4 Å². The SMILES string of the molecule is CCC1C=Cc2c(CC/C=C3/C=CNC(=NCCc4c[nH]c5ccc(O)cc45)CCC3)cccc2C1. The molecule has 0 radical (unpaired) electrons. The molecular weight excluding hydrogens is 442 g/mol. The first-order valence-electron chi connectivity index (χ1n) is 13.4. The fraction of sp³-hybridized carbons (Fsp3) is 0.344. The first-order valence-corrected chi connectivity index (χ1v) is 13.4. The van der Waals surface area contributed by atoms with Gasteiger partial charge in [0, 0.05) is 36.3 Å². The maximum atomic E-state index is 9.79. The summed E-state index contributed by atoms with van der Waals surface area (Å²) in [4.78, 5) is 8.10. The Labute approximate surface area is 214 Å². The Balaban J connectivity index is 1.14. The van der Waals surface area contributed by atoms with E-state index in [0.717, 1.165) is 61.8 Å². The van der Waals surface area contributed by atoms with Crippen LogP contribution in [0.3, 0.4) is 0 Å². The number of hydrogen-bond acceptors (Lipinski definition) is 2. The van der Waals surface area contributed by atoms with Gasteiger partial charge in [-0.1, -0.05) is 48.9 Å². The Morgan fingerprint density at radius 1 is 1.08 bits per heavy atom. The number of aromatic nitrogens is 1. The van der Waals surface area contributed by atoms with E-state index >= 15 is 0 Å². The van der Waals surface area contributed by atoms with E-state index in [1.165, 1.54) is 40.7 Å². The van der Waals surface area contributed by atoms with E-state index in [1.54, 1.807) is 6.07 Å². The summed E-state index contributed by atoms with van der Waals surface area (Å²) < 4.78 is 0. The van der Waals surface area contributed by atoms with Crippen LogP contribution in [0.5, 0.6) is 5.75 Å². The number of fused-ring (bicyclic) bond motifs is 2. The Bertz CT molecular complexity index is 1320. The molecule has 3 aromatic rings. The highest BCUT2D eigenvalue weighted by molar-refractivity contribution is 5.85. The van der Waals surface area contributed by atoms with Crippen LogP contribution in [0.15, 0.2) is 77.6 Å². The van der Waals surface area contributed by atoms with Crippen molar-refractivity contribution in [2.75, 3.05) is 6.54 Å². The molecule has 0 amide bonds. The number of rotatable bonds is 7. The van der Waals surface area contributed by atoms with E-state index in [4.69, 9.17) is 4.99 Å². The highest BCUT2D eigenvalue weighted by Crippen LogP contribution is 2.28. The van der Waals surface area contributed by atoms with Gasteiger partial charge in [0.05, 0.1) is 0 Å². The quantitative estimate of drug-likeness (QED) is 0.334. The molecule has 2 heterocycles. The summed E-state index contributed by atoms with van der Waals surface area (Å²) in [6.45, 7) is 3.01. The van der Waals surface area contributed by atoms with Crippen molar-refractivity contribution in [2.24, 2.45) is 10.9 Å². The number of amidine groups is 1. The van der Waals surface area contributed by atoms with Crippen LogP contribution in [-0.2, 0) is 19.3 Å². The van der Waals surface area contributed by atoms with Gasteiger partial charge in [-0.25, -0.2) is 0 Å². The molecule has 1 aromatic heterocycles. The smallest absolute Gasteiger partial charge is 0.116 e. The van der Waals surface area contributed by atoms with Gasteiger partial charge >= 0.3 is 0 Å². The second kappa shape index (κ2) is 11.5. The summed E-state index contributed by atoms with van der Waals surface area (Å²) in [5.41, 5.74) is 8.10. The number of aliphatic imine (C=N–C) groups is 1. The number of allylic oxidation sites excluding steroid dienone is 4. The lowest BCUT2D eigenvalue weighted by Crippen LogP contribution is -2.19. The van der Waals surface area contributed by atoms with E-state index < -0.39 is 0 Å². The molecule has 1 aliphatic heterocycles. The number of aromatic amines is 1. The molecule has 2 aromatic carbocycles. The van der Waals surface area contributed by atoms with Crippen molar-refractivity contribution in [3.8, 4) is 5.75 Å². The van der Waals surface area contributed by atoms with Crippen LogP contribution in [-0.4, -0.2) is 22.5 Å². The lowest BCUT2D eigenvalue weighted by Gasteiger charge is -2.20. The van der Waals surface area contributed by atoms with E-state index in [0.29, 0.717) is 11.7 Å². The first kappa shape index (κ1) is 24.2. The number of hydrogen-bond donors (Lipinski definition) is 3. The normalized spacial score (nSPS) is 19.9. The molecule has 0 saturated heterocycles. The van der Waals surface area contributed by atoms with Gasteiger partial charge in [0.2, 0.25) is 0 Å². The molecule has 186 valence electrons. The molecule has 4 heteroatoms. The molecule has 0 bridgehead atoms. The van der Waals surface area contributed by atoms with Crippen LogP contribution in [0, 0.1) is 5.92 Å². The van der Waals surface area contributed by atoms with Gasteiger partial charge in [0.15, 0.2) is 0 Å². The Kier molecular flexibility index (Phi) is 7.70. The second-order valence-electron chi connectivity index (χ2n) is 9.99. The number of nitrogens with one attached hydrogen (secondary N) is 2. The average Bonchev–Trinajstić information content (AvgIpc) is 3.28. The molecular formula is C32H37N3O. The molecule has 2 aliphatic rings. The third kappa shape index (κ3) is 5.81. The zero-order chi connectivity index (χ0) is 24.7. The fourth-order valence-electron chi connectivity index (χ4n) is 5.39. The molecule has 3 N–H and O–H groups in total. The molecule has 1 unspecified atom stereocenters. The molecule has 5 rings (SSSR count). The summed E-state index contributed by atoms with van der Waals surface area (Å²) in [5.74, 6) is 2.05. The Hall–Kier alpha value is -3.53. The summed E-state index contributed by atoms with van der Waals surface area (Å²) in [7, 11) is 0. The lowest BCUT2D eigenvalue weighted by molar-refractivity contribution is 0.476. The van der Waals surface area contributed by atoms with Crippen LogP contribution in [0.4, 0.5) is 0 Å². The van der Waals surface area contributed by atoms with E-state index in [-0.39, 0.29) is 0 Å². The van der Waals surface area contributed by atoms with Crippen molar-refractivity contribution in [1.29, 1.82) is 0 Å². The second-order valence-corrected chi connectivity index (χ2v) is 9.99. The van der Waals surface area contributed by atoms with Gasteiger partial charge in [-0.2, -0.15) is 0 Å². The van der Waals surface area contributed by atoms with Crippen molar-refractivity contribution in [2.45, 2.75) is 58.3 Å². The third-order valence-corrected chi connectivity index (χ3v) is 7.51. The van der Waals surface area contributed by atoms with Crippen LogP contribution < -0.4 is 5.32 Å². The molecule has 0 saturated carbocycles. The van der Waals surface area contributed by atoms with Gasteiger partial charge in [-0.05, 0) is 97.4 Å². The van der Waals surface area contributed by atoms with Crippen LogP contribution in [0.25, 0.3) is 17.0 Å². The van der Waals surface area contributed by atoms with Crippen molar-refractivity contribution in [3.05, 3.63) is 94.8 Å². The first-order chi connectivity index (χ1) is 17.7. The third-order valence-electron chi connectivity index (χ3n) is 7.51. The maximum Gasteiger partial charge on any atom is 0.116 e. The number of H-pyrrole nitrogens is 1. The van der Waals surface area contributed by atoms with Crippen LogP contribution in [0.1, 0.15) is 61.3 Å². The van der Waals surface area contributed by atoms with Crippen LogP contribution >= 0.6 is 0 Å². The molecule has 36 heavy (non-hydrogen) atoms.